The molecule has 2 aliphatic heterocycles. The fourth-order valence-electron chi connectivity index (χ4n) is 5.64. The SMILES string of the molecule is Cc1c(CN2C(=O)C3(CCN(S(=O)(=O)C4(C)CC4)CC3)c3ccncc32)ncc2ccccc12. The number of piperidine rings is 1. The van der Waals surface area contributed by atoms with Crippen molar-refractivity contribution in [3.05, 3.63) is 65.7 Å². The first-order valence-corrected chi connectivity index (χ1v) is 13.3. The molecule has 176 valence electrons. The van der Waals surface area contributed by atoms with Crippen LogP contribution in [0.4, 0.5) is 5.69 Å². The highest BCUT2D eigenvalue weighted by Crippen LogP contribution is 2.50. The first-order valence-electron chi connectivity index (χ1n) is 11.9. The van der Waals surface area contributed by atoms with Gasteiger partial charge in [0, 0.05) is 30.9 Å². The summed E-state index contributed by atoms with van der Waals surface area (Å²) < 4.78 is 27.1. The van der Waals surface area contributed by atoms with Gasteiger partial charge in [0.15, 0.2) is 0 Å². The minimum Gasteiger partial charge on any atom is -0.304 e. The van der Waals surface area contributed by atoms with Crippen molar-refractivity contribution in [1.82, 2.24) is 14.3 Å². The summed E-state index contributed by atoms with van der Waals surface area (Å²) in [5.74, 6) is 0.0274. The minimum atomic E-state index is -3.33. The van der Waals surface area contributed by atoms with Gasteiger partial charge >= 0.3 is 0 Å². The Bertz CT molecular complexity index is 1420. The van der Waals surface area contributed by atoms with Crippen LogP contribution in [0.2, 0.25) is 0 Å². The Hall–Kier alpha value is -2.84. The largest absolute Gasteiger partial charge is 0.304 e. The number of carbonyl (C=O) groups excluding carboxylic acids is 1. The van der Waals surface area contributed by atoms with Gasteiger partial charge in [0.05, 0.1) is 34.3 Å². The molecule has 0 unspecified atom stereocenters. The normalized spacial score (nSPS) is 21.2. The molecule has 34 heavy (non-hydrogen) atoms. The van der Waals surface area contributed by atoms with Gasteiger partial charge in [-0.2, -0.15) is 0 Å². The van der Waals surface area contributed by atoms with E-state index in [1.54, 1.807) is 21.6 Å². The van der Waals surface area contributed by atoms with Gasteiger partial charge in [-0.1, -0.05) is 24.3 Å². The molecule has 3 aliphatic rings. The Labute approximate surface area is 199 Å². The number of rotatable bonds is 4. The van der Waals surface area contributed by atoms with Gasteiger partial charge in [0.1, 0.15) is 0 Å². The molecule has 7 nitrogen and oxygen atoms in total. The van der Waals surface area contributed by atoms with Crippen LogP contribution in [0.5, 0.6) is 0 Å². The Morgan fingerprint density at radius 2 is 1.76 bits per heavy atom. The van der Waals surface area contributed by atoms with E-state index in [0.29, 0.717) is 32.5 Å². The number of benzene rings is 1. The number of pyridine rings is 2. The molecule has 2 fully saturated rings. The van der Waals surface area contributed by atoms with Gasteiger partial charge < -0.3 is 4.90 Å². The maximum atomic E-state index is 14.0. The Morgan fingerprint density at radius 1 is 1.03 bits per heavy atom. The zero-order chi connectivity index (χ0) is 23.7. The molecule has 1 aromatic carbocycles. The number of carbonyl (C=O) groups is 1. The van der Waals surface area contributed by atoms with E-state index >= 15 is 0 Å². The lowest BCUT2D eigenvalue weighted by Gasteiger charge is -2.38. The Balaban J connectivity index is 1.33. The van der Waals surface area contributed by atoms with E-state index in [0.717, 1.165) is 46.1 Å². The summed E-state index contributed by atoms with van der Waals surface area (Å²) in [7, 11) is -3.33. The van der Waals surface area contributed by atoms with Gasteiger partial charge in [-0.25, -0.2) is 12.7 Å². The molecule has 1 spiro atoms. The Kier molecular flexibility index (Phi) is 4.67. The van der Waals surface area contributed by atoms with Crippen LogP contribution in [-0.2, 0) is 26.8 Å². The number of anilines is 1. The number of hydrogen-bond donors (Lipinski definition) is 0. The van der Waals surface area contributed by atoms with Crippen LogP contribution in [0.15, 0.2) is 48.9 Å². The van der Waals surface area contributed by atoms with Gasteiger partial charge in [0.25, 0.3) is 0 Å². The van der Waals surface area contributed by atoms with Crippen LogP contribution < -0.4 is 4.90 Å². The molecule has 1 aliphatic carbocycles. The monoisotopic (exact) mass is 476 g/mol. The molecule has 1 saturated carbocycles. The highest BCUT2D eigenvalue weighted by Gasteiger charge is 2.57. The highest BCUT2D eigenvalue weighted by atomic mass is 32.2. The molecule has 2 aromatic heterocycles. The first-order chi connectivity index (χ1) is 16.3. The average Bonchev–Trinajstić information content (AvgIpc) is 3.58. The maximum Gasteiger partial charge on any atom is 0.238 e. The van der Waals surface area contributed by atoms with Crippen molar-refractivity contribution in [3.8, 4) is 0 Å². The van der Waals surface area contributed by atoms with Crippen LogP contribution in [0, 0.1) is 6.92 Å². The molecule has 4 heterocycles. The third-order valence-electron chi connectivity index (χ3n) is 8.22. The van der Waals surface area contributed by atoms with Crippen LogP contribution in [0.25, 0.3) is 10.8 Å². The summed E-state index contributed by atoms with van der Waals surface area (Å²) >= 11 is 0. The van der Waals surface area contributed by atoms with Crippen molar-refractivity contribution in [2.24, 2.45) is 0 Å². The molecule has 1 saturated heterocycles. The van der Waals surface area contributed by atoms with Crippen molar-refractivity contribution in [2.75, 3.05) is 18.0 Å². The molecule has 0 atom stereocenters. The predicted molar refractivity (Wildman–Crippen MR) is 131 cm³/mol. The van der Waals surface area contributed by atoms with E-state index in [-0.39, 0.29) is 5.91 Å². The molecule has 1 amide bonds. The quantitative estimate of drug-likeness (QED) is 0.573. The lowest BCUT2D eigenvalue weighted by molar-refractivity contribution is -0.124. The van der Waals surface area contributed by atoms with Crippen molar-refractivity contribution in [3.63, 3.8) is 0 Å². The number of sulfonamides is 1. The van der Waals surface area contributed by atoms with Crippen molar-refractivity contribution in [2.45, 2.75) is 56.2 Å². The topological polar surface area (TPSA) is 83.5 Å². The molecule has 0 bridgehead atoms. The number of amides is 1. The first kappa shape index (κ1) is 21.7. The van der Waals surface area contributed by atoms with Crippen LogP contribution in [0.3, 0.4) is 0 Å². The van der Waals surface area contributed by atoms with Gasteiger partial charge in [-0.15, -0.1) is 0 Å². The number of hydrogen-bond acceptors (Lipinski definition) is 5. The fourth-order valence-corrected chi connectivity index (χ4v) is 7.55. The summed E-state index contributed by atoms with van der Waals surface area (Å²) in [4.78, 5) is 24.8. The van der Waals surface area contributed by atoms with Gasteiger partial charge in [0.2, 0.25) is 15.9 Å². The third kappa shape index (κ3) is 2.98. The van der Waals surface area contributed by atoms with E-state index in [1.165, 1.54) is 0 Å². The fraction of sp³-hybridized carbons (Fsp3) is 0.423. The second kappa shape index (κ2) is 7.33. The van der Waals surface area contributed by atoms with Crippen molar-refractivity contribution < 1.29 is 13.2 Å². The lowest BCUT2D eigenvalue weighted by atomic mass is 9.74. The summed E-state index contributed by atoms with van der Waals surface area (Å²) in [6.07, 6.45) is 7.75. The van der Waals surface area contributed by atoms with Gasteiger partial charge in [-0.05, 0) is 62.1 Å². The van der Waals surface area contributed by atoms with E-state index < -0.39 is 20.2 Å². The van der Waals surface area contributed by atoms with Crippen molar-refractivity contribution >= 4 is 32.4 Å². The van der Waals surface area contributed by atoms with E-state index in [2.05, 4.69) is 16.0 Å². The lowest BCUT2D eigenvalue weighted by Crippen LogP contribution is -2.51. The van der Waals surface area contributed by atoms with Gasteiger partial charge in [-0.3, -0.25) is 14.8 Å². The molecular formula is C26H28N4O3S. The second-order valence-electron chi connectivity index (χ2n) is 10.1. The zero-order valence-electron chi connectivity index (χ0n) is 19.5. The van der Waals surface area contributed by atoms with Crippen LogP contribution in [0.1, 0.15) is 49.4 Å². The predicted octanol–water partition coefficient (Wildman–Crippen LogP) is 3.70. The minimum absolute atomic E-state index is 0.0274. The molecule has 6 rings (SSSR count). The number of fused-ring (bicyclic) bond motifs is 3. The summed E-state index contributed by atoms with van der Waals surface area (Å²) in [6.45, 7) is 4.98. The van der Waals surface area contributed by atoms with Crippen molar-refractivity contribution in [1.29, 1.82) is 0 Å². The second-order valence-corrected chi connectivity index (χ2v) is 12.6. The third-order valence-corrected chi connectivity index (χ3v) is 10.9. The molecule has 3 aromatic rings. The maximum absolute atomic E-state index is 14.0. The molecule has 8 heteroatoms. The number of aromatic nitrogens is 2. The number of aryl methyl sites for hydroxylation is 1. The molecular weight excluding hydrogens is 448 g/mol. The van der Waals surface area contributed by atoms with Crippen LogP contribution >= 0.6 is 0 Å². The van der Waals surface area contributed by atoms with E-state index in [1.807, 2.05) is 44.3 Å². The average molecular weight is 477 g/mol. The van der Waals surface area contributed by atoms with E-state index in [4.69, 9.17) is 0 Å². The zero-order valence-corrected chi connectivity index (χ0v) is 20.3. The molecule has 0 N–H and O–H groups in total. The standard InChI is InChI=1S/C26H28N4O3S/c1-18-20-6-4-3-5-19(20)15-28-22(18)17-30-23-16-27-12-7-21(23)26(24(30)31)10-13-29(14-11-26)34(32,33)25(2)8-9-25/h3-7,12,15-16H,8-11,13-14,17H2,1-2H3. The summed E-state index contributed by atoms with van der Waals surface area (Å²) in [6, 6.07) is 10.1. The summed E-state index contributed by atoms with van der Waals surface area (Å²) in [5.41, 5.74) is 2.99. The van der Waals surface area contributed by atoms with E-state index in [9.17, 15) is 13.2 Å². The molecule has 0 radical (unpaired) electrons. The summed E-state index contributed by atoms with van der Waals surface area (Å²) in [5, 5.41) is 2.21. The van der Waals surface area contributed by atoms with Crippen LogP contribution in [-0.4, -0.2) is 46.4 Å². The Morgan fingerprint density at radius 3 is 2.50 bits per heavy atom. The highest BCUT2D eigenvalue weighted by molar-refractivity contribution is 7.90. The smallest absolute Gasteiger partial charge is 0.238 e. The number of nitrogens with zero attached hydrogens (tertiary/aromatic N) is 4.